The fourth-order valence-electron chi connectivity index (χ4n) is 3.74. The first-order valence-electron chi connectivity index (χ1n) is 9.26. The van der Waals surface area contributed by atoms with Crippen LogP contribution >= 0.6 is 0 Å². The molecule has 4 nitrogen and oxygen atoms in total. The minimum atomic E-state index is -0.523. The quantitative estimate of drug-likeness (QED) is 0.724. The van der Waals surface area contributed by atoms with Gasteiger partial charge in [0.05, 0.1) is 12.0 Å². The third-order valence-electron chi connectivity index (χ3n) is 5.49. The van der Waals surface area contributed by atoms with Crippen LogP contribution in [0.15, 0.2) is 67.0 Å². The van der Waals surface area contributed by atoms with E-state index in [-0.39, 0.29) is 11.7 Å². The van der Waals surface area contributed by atoms with Crippen molar-refractivity contribution in [3.63, 3.8) is 0 Å². The fourth-order valence-corrected chi connectivity index (χ4v) is 3.74. The van der Waals surface area contributed by atoms with Crippen molar-refractivity contribution in [1.82, 2.24) is 15.1 Å². The first kappa shape index (κ1) is 17.5. The molecule has 0 bridgehead atoms. The van der Waals surface area contributed by atoms with Gasteiger partial charge in [0.1, 0.15) is 5.82 Å². The van der Waals surface area contributed by atoms with Gasteiger partial charge in [-0.05, 0) is 47.7 Å². The highest BCUT2D eigenvalue weighted by molar-refractivity contribution is 5.89. The van der Waals surface area contributed by atoms with Crippen LogP contribution in [0.4, 0.5) is 4.39 Å². The molecule has 0 spiro atoms. The number of aromatic nitrogens is 2. The zero-order chi connectivity index (χ0) is 18.7. The largest absolute Gasteiger partial charge is 0.351 e. The zero-order valence-corrected chi connectivity index (χ0v) is 15.1. The van der Waals surface area contributed by atoms with Gasteiger partial charge in [0.2, 0.25) is 5.91 Å². The van der Waals surface area contributed by atoms with Crippen LogP contribution in [0.3, 0.4) is 0 Å². The molecule has 1 saturated carbocycles. The Hall–Kier alpha value is -2.95. The number of carbonyl (C=O) groups excluding carboxylic acids is 1. The summed E-state index contributed by atoms with van der Waals surface area (Å²) in [5.74, 6) is -0.254. The van der Waals surface area contributed by atoms with Gasteiger partial charge in [0.25, 0.3) is 0 Å². The molecule has 4 rings (SSSR count). The third-order valence-corrected chi connectivity index (χ3v) is 5.49. The SMILES string of the molecule is O=C(NCc1ccccc1Cn1cccn1)C1(c2ccc(F)cc2)CCC1. The number of benzene rings is 2. The van der Waals surface area contributed by atoms with Crippen LogP contribution in [0.2, 0.25) is 0 Å². The Kier molecular flexibility index (Phi) is 4.75. The first-order chi connectivity index (χ1) is 13.2. The number of amides is 1. The van der Waals surface area contributed by atoms with Crippen molar-refractivity contribution in [2.24, 2.45) is 0 Å². The Morgan fingerprint density at radius 2 is 1.81 bits per heavy atom. The number of hydrogen-bond donors (Lipinski definition) is 1. The Labute approximate surface area is 158 Å². The second-order valence-electron chi connectivity index (χ2n) is 7.10. The van der Waals surface area contributed by atoms with Gasteiger partial charge in [-0.15, -0.1) is 0 Å². The highest BCUT2D eigenvalue weighted by Crippen LogP contribution is 2.44. The molecule has 0 aliphatic heterocycles. The molecule has 1 heterocycles. The van der Waals surface area contributed by atoms with E-state index in [0.717, 1.165) is 36.0 Å². The molecule has 1 amide bonds. The smallest absolute Gasteiger partial charge is 0.230 e. The lowest BCUT2D eigenvalue weighted by Gasteiger charge is -2.40. The van der Waals surface area contributed by atoms with Gasteiger partial charge in [-0.1, -0.05) is 42.8 Å². The van der Waals surface area contributed by atoms with Gasteiger partial charge >= 0.3 is 0 Å². The van der Waals surface area contributed by atoms with Crippen molar-refractivity contribution < 1.29 is 9.18 Å². The van der Waals surface area contributed by atoms with Gasteiger partial charge in [0.15, 0.2) is 0 Å². The van der Waals surface area contributed by atoms with E-state index in [9.17, 15) is 9.18 Å². The molecule has 1 N–H and O–H groups in total. The molecular formula is C22H22FN3O. The summed E-state index contributed by atoms with van der Waals surface area (Å²) in [7, 11) is 0. The van der Waals surface area contributed by atoms with Crippen LogP contribution in [0.25, 0.3) is 0 Å². The maximum absolute atomic E-state index is 13.3. The summed E-state index contributed by atoms with van der Waals surface area (Å²) < 4.78 is 15.1. The molecule has 1 aromatic heterocycles. The summed E-state index contributed by atoms with van der Waals surface area (Å²) >= 11 is 0. The standard InChI is InChI=1S/C22H22FN3O/c23-20-9-7-19(8-10-20)22(11-3-12-22)21(27)24-15-17-5-1-2-6-18(17)16-26-14-4-13-25-26/h1-2,4-10,13-14H,3,11-12,15-16H2,(H,24,27). The summed E-state index contributed by atoms with van der Waals surface area (Å²) in [5.41, 5.74) is 2.59. The first-order valence-corrected chi connectivity index (χ1v) is 9.26. The van der Waals surface area contributed by atoms with E-state index in [2.05, 4.69) is 16.5 Å². The normalized spacial score (nSPS) is 15.1. The number of hydrogen-bond acceptors (Lipinski definition) is 2. The van der Waals surface area contributed by atoms with Crippen LogP contribution < -0.4 is 5.32 Å². The van der Waals surface area contributed by atoms with E-state index in [1.807, 2.05) is 35.1 Å². The molecule has 1 fully saturated rings. The molecule has 27 heavy (non-hydrogen) atoms. The lowest BCUT2D eigenvalue weighted by Crippen LogP contribution is -2.49. The molecule has 0 saturated heterocycles. The molecule has 1 aliphatic carbocycles. The molecule has 1 aliphatic rings. The Morgan fingerprint density at radius 3 is 2.44 bits per heavy atom. The maximum atomic E-state index is 13.3. The van der Waals surface area contributed by atoms with Crippen molar-refractivity contribution in [1.29, 1.82) is 0 Å². The van der Waals surface area contributed by atoms with Crippen molar-refractivity contribution in [3.05, 3.63) is 89.5 Å². The second-order valence-corrected chi connectivity index (χ2v) is 7.10. The lowest BCUT2D eigenvalue weighted by molar-refractivity contribution is -0.130. The zero-order valence-electron chi connectivity index (χ0n) is 15.1. The van der Waals surface area contributed by atoms with Gasteiger partial charge in [-0.25, -0.2) is 4.39 Å². The Balaban J connectivity index is 1.48. The number of rotatable bonds is 6. The van der Waals surface area contributed by atoms with Crippen LogP contribution in [0.5, 0.6) is 0 Å². The van der Waals surface area contributed by atoms with Crippen LogP contribution in [-0.2, 0) is 23.3 Å². The Morgan fingerprint density at radius 1 is 1.07 bits per heavy atom. The summed E-state index contributed by atoms with van der Waals surface area (Å²) in [6.45, 7) is 1.14. The molecule has 0 atom stereocenters. The molecule has 138 valence electrons. The average Bonchev–Trinajstić information content (AvgIpc) is 3.15. The number of carbonyl (C=O) groups is 1. The minimum Gasteiger partial charge on any atom is -0.351 e. The van der Waals surface area contributed by atoms with Gasteiger partial charge < -0.3 is 5.32 Å². The van der Waals surface area contributed by atoms with Gasteiger partial charge in [-0.3, -0.25) is 9.48 Å². The number of nitrogens with zero attached hydrogens (tertiary/aromatic N) is 2. The van der Waals surface area contributed by atoms with Gasteiger partial charge in [0, 0.05) is 18.9 Å². The molecule has 0 unspecified atom stereocenters. The molecular weight excluding hydrogens is 341 g/mol. The minimum absolute atomic E-state index is 0.0225. The Bertz CT molecular complexity index is 915. The highest BCUT2D eigenvalue weighted by Gasteiger charge is 2.45. The van der Waals surface area contributed by atoms with E-state index in [0.29, 0.717) is 13.1 Å². The predicted molar refractivity (Wildman–Crippen MR) is 102 cm³/mol. The summed E-state index contributed by atoms with van der Waals surface area (Å²) in [6, 6.07) is 16.3. The average molecular weight is 363 g/mol. The van der Waals surface area contributed by atoms with E-state index in [1.165, 1.54) is 12.1 Å². The molecule has 3 aromatic rings. The number of nitrogens with one attached hydrogen (secondary N) is 1. The van der Waals surface area contributed by atoms with E-state index >= 15 is 0 Å². The van der Waals surface area contributed by atoms with Crippen molar-refractivity contribution >= 4 is 5.91 Å². The van der Waals surface area contributed by atoms with E-state index < -0.39 is 5.41 Å². The second kappa shape index (κ2) is 7.35. The third kappa shape index (κ3) is 3.50. The maximum Gasteiger partial charge on any atom is 0.230 e. The number of halogens is 1. The summed E-state index contributed by atoms with van der Waals surface area (Å²) in [6.07, 6.45) is 6.31. The lowest BCUT2D eigenvalue weighted by atomic mass is 9.64. The summed E-state index contributed by atoms with van der Waals surface area (Å²) in [4.78, 5) is 13.0. The monoisotopic (exact) mass is 363 g/mol. The van der Waals surface area contributed by atoms with Crippen LogP contribution in [0.1, 0.15) is 36.0 Å². The van der Waals surface area contributed by atoms with Crippen molar-refractivity contribution in [2.45, 2.75) is 37.8 Å². The molecule has 2 aromatic carbocycles. The van der Waals surface area contributed by atoms with Crippen molar-refractivity contribution in [2.75, 3.05) is 0 Å². The molecule has 5 heteroatoms. The fraction of sp³-hybridized carbons (Fsp3) is 0.273. The van der Waals surface area contributed by atoms with E-state index in [1.54, 1.807) is 18.3 Å². The summed E-state index contributed by atoms with van der Waals surface area (Å²) in [5, 5.41) is 7.37. The van der Waals surface area contributed by atoms with Crippen LogP contribution in [-0.4, -0.2) is 15.7 Å². The van der Waals surface area contributed by atoms with Gasteiger partial charge in [-0.2, -0.15) is 5.10 Å². The molecule has 0 radical (unpaired) electrons. The topological polar surface area (TPSA) is 46.9 Å². The predicted octanol–water partition coefficient (Wildman–Crippen LogP) is 3.81. The van der Waals surface area contributed by atoms with E-state index in [4.69, 9.17) is 0 Å². The highest BCUT2D eigenvalue weighted by atomic mass is 19.1. The van der Waals surface area contributed by atoms with Crippen molar-refractivity contribution in [3.8, 4) is 0 Å². The van der Waals surface area contributed by atoms with Crippen LogP contribution in [0, 0.1) is 5.82 Å².